The first-order chi connectivity index (χ1) is 10.4. The number of hydrogen-bond donors (Lipinski definition) is 0. The molecule has 0 aromatic rings. The Morgan fingerprint density at radius 1 is 1.36 bits per heavy atom. The largest absolute Gasteiger partial charge is 0.659 e. The second-order valence-electron chi connectivity index (χ2n) is 8.82. The Hall–Kier alpha value is -0.560. The van der Waals surface area contributed by atoms with Crippen LogP contribution in [-0.4, -0.2) is 12.6 Å². The fourth-order valence-electron chi connectivity index (χ4n) is 6.40. The van der Waals surface area contributed by atoms with E-state index in [0.717, 1.165) is 35.5 Å². The minimum atomic E-state index is 0.213. The second-order valence-corrected chi connectivity index (χ2v) is 8.82. The smallest absolute Gasteiger partial charge is 0.0141 e. The molecular weight excluding hydrogens is 266 g/mol. The summed E-state index contributed by atoms with van der Waals surface area (Å²) in [6.45, 7) is 15.9. The maximum absolute atomic E-state index is 4.88. The molecule has 0 aliphatic heterocycles. The van der Waals surface area contributed by atoms with Crippen LogP contribution in [0.25, 0.3) is 5.32 Å². The molecule has 0 heterocycles. The Balaban J connectivity index is 1.96. The molecule has 3 aliphatic carbocycles. The summed E-state index contributed by atoms with van der Waals surface area (Å²) in [6.07, 6.45) is 7.79. The summed E-state index contributed by atoms with van der Waals surface area (Å²) in [4.78, 5) is 0. The summed E-state index contributed by atoms with van der Waals surface area (Å²) in [7, 11) is 2.05. The van der Waals surface area contributed by atoms with Crippen LogP contribution in [0.5, 0.6) is 0 Å². The molecule has 3 rings (SSSR count). The summed E-state index contributed by atoms with van der Waals surface area (Å²) in [5, 5.41) is 4.88. The van der Waals surface area contributed by atoms with Gasteiger partial charge in [-0.15, -0.1) is 12.1 Å². The maximum atomic E-state index is 4.88. The van der Waals surface area contributed by atoms with Gasteiger partial charge in [0.05, 0.1) is 0 Å². The van der Waals surface area contributed by atoms with Gasteiger partial charge < -0.3 is 5.32 Å². The second kappa shape index (κ2) is 5.82. The van der Waals surface area contributed by atoms with E-state index in [2.05, 4.69) is 41.0 Å². The van der Waals surface area contributed by atoms with E-state index >= 15 is 0 Å². The lowest BCUT2D eigenvalue weighted by atomic mass is 9.46. The Morgan fingerprint density at radius 3 is 2.73 bits per heavy atom. The first kappa shape index (κ1) is 16.3. The molecule has 0 amide bonds. The van der Waals surface area contributed by atoms with E-state index in [1.165, 1.54) is 44.1 Å². The third kappa shape index (κ3) is 2.50. The lowest BCUT2D eigenvalue weighted by Crippen LogP contribution is -2.55. The summed E-state index contributed by atoms with van der Waals surface area (Å²) < 4.78 is 0. The fourth-order valence-corrected chi connectivity index (χ4v) is 6.40. The van der Waals surface area contributed by atoms with Crippen LogP contribution in [0.1, 0.15) is 59.3 Å². The lowest BCUT2D eigenvalue weighted by molar-refractivity contribution is -0.0507. The van der Waals surface area contributed by atoms with Crippen molar-refractivity contribution in [2.45, 2.75) is 64.8 Å². The van der Waals surface area contributed by atoms with Crippen molar-refractivity contribution in [2.24, 2.45) is 35.5 Å². The molecule has 1 heteroatoms. The Kier molecular flexibility index (Phi) is 4.31. The van der Waals surface area contributed by atoms with Gasteiger partial charge >= 0.3 is 0 Å². The molecule has 0 radical (unpaired) electrons. The molecule has 3 aliphatic rings. The topological polar surface area (TPSA) is 14.1 Å². The van der Waals surface area contributed by atoms with Crippen molar-refractivity contribution in [1.29, 1.82) is 0 Å². The zero-order valence-corrected chi connectivity index (χ0v) is 15.1. The van der Waals surface area contributed by atoms with Crippen molar-refractivity contribution in [1.82, 2.24) is 0 Å². The summed E-state index contributed by atoms with van der Waals surface area (Å²) >= 11 is 0. The molecule has 22 heavy (non-hydrogen) atoms. The molecule has 3 fully saturated rings. The summed E-state index contributed by atoms with van der Waals surface area (Å²) in [5.74, 6) is 4.89. The van der Waals surface area contributed by atoms with Crippen molar-refractivity contribution in [3.05, 3.63) is 29.6 Å². The molecule has 3 saturated carbocycles. The van der Waals surface area contributed by atoms with E-state index in [1.54, 1.807) is 5.57 Å². The zero-order valence-electron chi connectivity index (χ0n) is 15.1. The molecule has 7 atom stereocenters. The highest BCUT2D eigenvalue weighted by atomic mass is 15.0. The quantitative estimate of drug-likeness (QED) is 0.569. The van der Waals surface area contributed by atoms with Gasteiger partial charge in [-0.3, -0.25) is 0 Å². The van der Waals surface area contributed by atoms with Crippen LogP contribution < -0.4 is 0 Å². The predicted octanol–water partition coefficient (Wildman–Crippen LogP) is 5.98. The number of allylic oxidation sites excluding steroid dienone is 2. The molecule has 0 aromatic heterocycles. The van der Waals surface area contributed by atoms with Crippen LogP contribution in [0.15, 0.2) is 24.3 Å². The van der Waals surface area contributed by atoms with Crippen molar-refractivity contribution >= 4 is 0 Å². The van der Waals surface area contributed by atoms with Crippen LogP contribution in [0.2, 0.25) is 0 Å². The lowest BCUT2D eigenvalue weighted by Gasteiger charge is -2.65. The number of rotatable bonds is 3. The molecule has 0 spiro atoms. The highest BCUT2D eigenvalue weighted by molar-refractivity contribution is 5.22. The third-order valence-corrected chi connectivity index (χ3v) is 7.44. The van der Waals surface area contributed by atoms with Crippen LogP contribution in [0.4, 0.5) is 0 Å². The minimum absolute atomic E-state index is 0.213. The van der Waals surface area contributed by atoms with E-state index in [1.807, 2.05) is 0 Å². The summed E-state index contributed by atoms with van der Waals surface area (Å²) in [5.41, 5.74) is 3.11. The van der Waals surface area contributed by atoms with Gasteiger partial charge in [-0.05, 0) is 62.2 Å². The first-order valence-corrected chi connectivity index (χ1v) is 9.30. The Labute approximate surface area is 137 Å². The predicted molar refractivity (Wildman–Crippen MR) is 96.0 cm³/mol. The molecule has 0 bridgehead atoms. The van der Waals surface area contributed by atoms with Gasteiger partial charge in [-0.2, -0.15) is 7.05 Å². The summed E-state index contributed by atoms with van der Waals surface area (Å²) in [6, 6.07) is 0. The van der Waals surface area contributed by atoms with Gasteiger partial charge in [0.1, 0.15) is 0 Å². The van der Waals surface area contributed by atoms with Gasteiger partial charge in [-0.25, -0.2) is 0 Å². The number of nitrogens with zero attached hydrogens (tertiary/aromatic N) is 1. The van der Waals surface area contributed by atoms with Crippen LogP contribution >= 0.6 is 0 Å². The van der Waals surface area contributed by atoms with Gasteiger partial charge in [0.25, 0.3) is 0 Å². The zero-order chi connectivity index (χ0) is 16.1. The van der Waals surface area contributed by atoms with Crippen molar-refractivity contribution in [3.63, 3.8) is 0 Å². The maximum Gasteiger partial charge on any atom is -0.0141 e. The molecular formula is C21H34N-. The van der Waals surface area contributed by atoms with Crippen molar-refractivity contribution < 1.29 is 0 Å². The van der Waals surface area contributed by atoms with E-state index < -0.39 is 0 Å². The van der Waals surface area contributed by atoms with Gasteiger partial charge in [-0.1, -0.05) is 50.3 Å². The number of hydrogen-bond acceptors (Lipinski definition) is 0. The molecule has 0 unspecified atom stereocenters. The van der Waals surface area contributed by atoms with Gasteiger partial charge in [0.2, 0.25) is 0 Å². The normalized spacial score (nSPS) is 47.9. The first-order valence-electron chi connectivity index (χ1n) is 9.30. The van der Waals surface area contributed by atoms with Gasteiger partial charge in [0.15, 0.2) is 0 Å². The molecule has 0 saturated heterocycles. The minimum Gasteiger partial charge on any atom is -0.659 e. The van der Waals surface area contributed by atoms with Crippen LogP contribution in [0.3, 0.4) is 0 Å². The van der Waals surface area contributed by atoms with E-state index in [-0.39, 0.29) is 5.54 Å². The molecule has 1 nitrogen and oxygen atoms in total. The van der Waals surface area contributed by atoms with Crippen LogP contribution in [0, 0.1) is 35.5 Å². The van der Waals surface area contributed by atoms with Crippen molar-refractivity contribution in [3.8, 4) is 0 Å². The van der Waals surface area contributed by atoms with E-state index in [4.69, 9.17) is 5.32 Å². The van der Waals surface area contributed by atoms with Crippen LogP contribution in [-0.2, 0) is 0 Å². The van der Waals surface area contributed by atoms with Gasteiger partial charge in [0, 0.05) is 0 Å². The molecule has 0 aromatic carbocycles. The Morgan fingerprint density at radius 2 is 2.09 bits per heavy atom. The average molecular weight is 301 g/mol. The highest BCUT2D eigenvalue weighted by Gasteiger charge is 2.53. The third-order valence-electron chi connectivity index (χ3n) is 7.44. The SMILES string of the molecule is C=C(C)C[C@@H]1C[C@H](C)[C@H]2CC[C@](C)([N-]C)[C@H]3CCC(=C)[C@@H]1[C@H]23. The van der Waals surface area contributed by atoms with E-state index in [0.29, 0.717) is 0 Å². The average Bonchev–Trinajstić information content (AvgIpc) is 2.45. The van der Waals surface area contributed by atoms with Crippen molar-refractivity contribution in [2.75, 3.05) is 7.05 Å². The monoisotopic (exact) mass is 300 g/mol. The molecule has 0 N–H and O–H groups in total. The fraction of sp³-hybridized carbons (Fsp3) is 0.810. The van der Waals surface area contributed by atoms with E-state index in [9.17, 15) is 0 Å². The molecule has 124 valence electrons. The standard InChI is InChI=1S/C21H34N/c1-13(2)11-16-12-15(4)17-9-10-21(5,22-6)18-8-7-14(3)19(16)20(17)18/h15-20H,1,3,7-12H2,2,4-6H3/q-1/t15-,16+,17+,18-,19-,20+,21-/m0/s1. The highest BCUT2D eigenvalue weighted by Crippen LogP contribution is 2.61. The Bertz CT molecular complexity index is 465.